The molecule has 0 aliphatic heterocycles. The fourth-order valence-electron chi connectivity index (χ4n) is 1.55. The summed E-state index contributed by atoms with van der Waals surface area (Å²) in [6.07, 6.45) is 1.52. The third-order valence-corrected chi connectivity index (χ3v) is 2.20. The molecule has 3 heteroatoms. The van der Waals surface area contributed by atoms with Gasteiger partial charge in [0.1, 0.15) is 5.75 Å². The Kier molecular flexibility index (Phi) is 2.48. The molecule has 0 bridgehead atoms. The zero-order valence-electron chi connectivity index (χ0n) is 8.23. The van der Waals surface area contributed by atoms with Crippen molar-refractivity contribution >= 4 is 22.5 Å². The van der Waals surface area contributed by atoms with E-state index in [1.807, 2.05) is 30.3 Å². The Labute approximate surface area is 87.0 Å². The minimum atomic E-state index is 0.556. The number of ether oxygens (including phenoxy) is 1. The van der Waals surface area contributed by atoms with E-state index in [1.54, 1.807) is 13.2 Å². The third-order valence-electron chi connectivity index (χ3n) is 2.20. The average Bonchev–Trinajstić information content (AvgIpc) is 2.28. The summed E-state index contributed by atoms with van der Waals surface area (Å²) in [6.45, 7) is 0. The van der Waals surface area contributed by atoms with Crippen LogP contribution >= 0.6 is 0 Å². The second kappa shape index (κ2) is 3.95. The van der Waals surface area contributed by atoms with Gasteiger partial charge in [0.15, 0.2) is 0 Å². The molecule has 0 atom stereocenters. The van der Waals surface area contributed by atoms with Gasteiger partial charge in [-0.1, -0.05) is 24.3 Å². The first-order valence-electron chi connectivity index (χ1n) is 4.50. The molecule has 0 saturated carbocycles. The monoisotopic (exact) mass is 199 g/mol. The van der Waals surface area contributed by atoms with E-state index in [4.69, 9.17) is 4.74 Å². The highest BCUT2D eigenvalue weighted by Gasteiger charge is 2.02. The Morgan fingerprint density at radius 1 is 1.27 bits per heavy atom. The average molecular weight is 199 g/mol. The first-order valence-corrected chi connectivity index (χ1v) is 4.50. The molecule has 0 saturated heterocycles. The molecular weight excluding hydrogens is 190 g/mol. The normalized spacial score (nSPS) is 9.67. The Bertz CT molecular complexity index is 542. The number of methoxy groups -OCH3 is 1. The van der Waals surface area contributed by atoms with Crippen LogP contribution in [0, 0.1) is 0 Å². The molecule has 3 nitrogen and oxygen atoms in total. The molecule has 0 aromatic heterocycles. The van der Waals surface area contributed by atoms with Crippen LogP contribution in [0.15, 0.2) is 41.4 Å². The van der Waals surface area contributed by atoms with E-state index in [0.717, 1.165) is 10.8 Å². The minimum Gasteiger partial charge on any atom is -0.496 e. The summed E-state index contributed by atoms with van der Waals surface area (Å²) in [4.78, 5) is 13.8. The summed E-state index contributed by atoms with van der Waals surface area (Å²) in [5.74, 6) is 0.710. The van der Waals surface area contributed by atoms with Crippen molar-refractivity contribution in [3.63, 3.8) is 0 Å². The molecule has 0 aliphatic carbocycles. The number of isocyanates is 1. The summed E-state index contributed by atoms with van der Waals surface area (Å²) >= 11 is 0. The number of benzene rings is 2. The Hall–Kier alpha value is -2.12. The fraction of sp³-hybridized carbons (Fsp3) is 0.0833. The van der Waals surface area contributed by atoms with Gasteiger partial charge in [-0.25, -0.2) is 4.79 Å². The van der Waals surface area contributed by atoms with E-state index >= 15 is 0 Å². The number of aliphatic imine (C=N–C) groups is 1. The van der Waals surface area contributed by atoms with E-state index < -0.39 is 0 Å². The molecule has 0 heterocycles. The second-order valence-electron chi connectivity index (χ2n) is 3.07. The predicted octanol–water partition coefficient (Wildman–Crippen LogP) is 2.82. The molecule has 0 amide bonds. The van der Waals surface area contributed by atoms with Gasteiger partial charge < -0.3 is 4.74 Å². The molecule has 2 aromatic rings. The number of hydrogen-bond acceptors (Lipinski definition) is 3. The molecule has 0 N–H and O–H groups in total. The number of rotatable bonds is 2. The SMILES string of the molecule is COc1cc(N=C=O)cc2ccccc12. The molecule has 0 fully saturated rings. The Morgan fingerprint density at radius 2 is 2.07 bits per heavy atom. The van der Waals surface area contributed by atoms with E-state index in [-0.39, 0.29) is 0 Å². The van der Waals surface area contributed by atoms with Crippen molar-refractivity contribution in [2.45, 2.75) is 0 Å². The van der Waals surface area contributed by atoms with Crippen LogP contribution < -0.4 is 4.74 Å². The summed E-state index contributed by atoms with van der Waals surface area (Å²) in [6, 6.07) is 11.3. The summed E-state index contributed by atoms with van der Waals surface area (Å²) in [5, 5.41) is 2.00. The van der Waals surface area contributed by atoms with Gasteiger partial charge in [-0.2, -0.15) is 4.99 Å². The standard InChI is InChI=1S/C12H9NO2/c1-15-12-7-10(13-8-14)6-9-4-2-3-5-11(9)12/h2-7H,1H3. The molecule has 0 aliphatic rings. The highest BCUT2D eigenvalue weighted by molar-refractivity contribution is 5.91. The molecular formula is C12H9NO2. The van der Waals surface area contributed by atoms with E-state index in [1.165, 1.54) is 6.08 Å². The van der Waals surface area contributed by atoms with Gasteiger partial charge in [0.25, 0.3) is 0 Å². The van der Waals surface area contributed by atoms with Crippen molar-refractivity contribution in [3.05, 3.63) is 36.4 Å². The maximum absolute atomic E-state index is 10.2. The number of carbonyl (C=O) groups excluding carboxylic acids is 1. The smallest absolute Gasteiger partial charge is 0.240 e. The molecule has 0 spiro atoms. The molecule has 2 rings (SSSR count). The molecule has 2 aromatic carbocycles. The van der Waals surface area contributed by atoms with Crippen LogP contribution in [-0.4, -0.2) is 13.2 Å². The van der Waals surface area contributed by atoms with Crippen LogP contribution in [0.5, 0.6) is 5.75 Å². The van der Waals surface area contributed by atoms with Crippen LogP contribution in [-0.2, 0) is 4.79 Å². The van der Waals surface area contributed by atoms with E-state index in [9.17, 15) is 4.79 Å². The summed E-state index contributed by atoms with van der Waals surface area (Å²) in [7, 11) is 1.59. The maximum Gasteiger partial charge on any atom is 0.240 e. The topological polar surface area (TPSA) is 38.7 Å². The number of hydrogen-bond donors (Lipinski definition) is 0. The van der Waals surface area contributed by atoms with Crippen molar-refractivity contribution in [2.75, 3.05) is 7.11 Å². The quantitative estimate of drug-likeness (QED) is 0.551. The van der Waals surface area contributed by atoms with Crippen molar-refractivity contribution in [1.82, 2.24) is 0 Å². The van der Waals surface area contributed by atoms with Crippen LogP contribution in [0.25, 0.3) is 10.8 Å². The van der Waals surface area contributed by atoms with Gasteiger partial charge in [0.05, 0.1) is 12.8 Å². The highest BCUT2D eigenvalue weighted by atomic mass is 16.5. The van der Waals surface area contributed by atoms with Gasteiger partial charge >= 0.3 is 0 Å². The lowest BCUT2D eigenvalue weighted by Crippen LogP contribution is -1.84. The lowest BCUT2D eigenvalue weighted by atomic mass is 10.1. The fourth-order valence-corrected chi connectivity index (χ4v) is 1.55. The largest absolute Gasteiger partial charge is 0.496 e. The minimum absolute atomic E-state index is 0.556. The highest BCUT2D eigenvalue weighted by Crippen LogP contribution is 2.30. The van der Waals surface area contributed by atoms with E-state index in [2.05, 4.69) is 4.99 Å². The summed E-state index contributed by atoms with van der Waals surface area (Å²) < 4.78 is 5.22. The van der Waals surface area contributed by atoms with Crippen molar-refractivity contribution in [2.24, 2.45) is 4.99 Å². The lowest BCUT2D eigenvalue weighted by Gasteiger charge is -2.05. The summed E-state index contributed by atoms with van der Waals surface area (Å²) in [5.41, 5.74) is 0.556. The zero-order valence-corrected chi connectivity index (χ0v) is 8.23. The molecule has 0 unspecified atom stereocenters. The van der Waals surface area contributed by atoms with Crippen LogP contribution in [0.3, 0.4) is 0 Å². The van der Waals surface area contributed by atoms with Crippen molar-refractivity contribution in [3.8, 4) is 5.75 Å². The number of nitrogens with zero attached hydrogens (tertiary/aromatic N) is 1. The van der Waals surface area contributed by atoms with Crippen molar-refractivity contribution in [1.29, 1.82) is 0 Å². The Balaban J connectivity index is 2.76. The maximum atomic E-state index is 10.2. The first kappa shape index (κ1) is 9.44. The lowest BCUT2D eigenvalue weighted by molar-refractivity contribution is 0.420. The van der Waals surface area contributed by atoms with Gasteiger partial charge in [-0.3, -0.25) is 0 Å². The third kappa shape index (κ3) is 1.73. The second-order valence-corrected chi connectivity index (χ2v) is 3.07. The van der Waals surface area contributed by atoms with Gasteiger partial charge in [-0.15, -0.1) is 0 Å². The zero-order chi connectivity index (χ0) is 10.7. The van der Waals surface area contributed by atoms with Crippen LogP contribution in [0.1, 0.15) is 0 Å². The van der Waals surface area contributed by atoms with Gasteiger partial charge in [0, 0.05) is 11.5 Å². The molecule has 0 radical (unpaired) electrons. The first-order chi connectivity index (χ1) is 7.35. The van der Waals surface area contributed by atoms with Gasteiger partial charge in [-0.05, 0) is 11.5 Å². The van der Waals surface area contributed by atoms with Crippen molar-refractivity contribution < 1.29 is 9.53 Å². The molecule has 15 heavy (non-hydrogen) atoms. The van der Waals surface area contributed by atoms with Crippen LogP contribution in [0.2, 0.25) is 0 Å². The predicted molar refractivity (Wildman–Crippen MR) is 58.3 cm³/mol. The van der Waals surface area contributed by atoms with Gasteiger partial charge in [0.2, 0.25) is 6.08 Å². The number of fused-ring (bicyclic) bond motifs is 1. The Morgan fingerprint density at radius 3 is 2.80 bits per heavy atom. The van der Waals surface area contributed by atoms with E-state index in [0.29, 0.717) is 11.4 Å². The molecule has 74 valence electrons. The van der Waals surface area contributed by atoms with Crippen LogP contribution in [0.4, 0.5) is 5.69 Å².